The van der Waals surface area contributed by atoms with Gasteiger partial charge in [0.15, 0.2) is 11.5 Å². The number of hydrogen-bond donors (Lipinski definition) is 3. The number of carbonyl (C=O) groups is 2. The van der Waals surface area contributed by atoms with E-state index in [1.807, 2.05) is 24.3 Å². The first-order valence-electron chi connectivity index (χ1n) is 9.15. The van der Waals surface area contributed by atoms with Crippen molar-refractivity contribution in [2.75, 3.05) is 18.0 Å². The first kappa shape index (κ1) is 18.8. The van der Waals surface area contributed by atoms with Gasteiger partial charge in [-0.1, -0.05) is 25.1 Å². The van der Waals surface area contributed by atoms with Crippen LogP contribution >= 0.6 is 0 Å². The summed E-state index contributed by atoms with van der Waals surface area (Å²) in [4.78, 5) is 26.4. The van der Waals surface area contributed by atoms with Crippen LogP contribution in [0.15, 0.2) is 42.5 Å². The van der Waals surface area contributed by atoms with Gasteiger partial charge in [-0.15, -0.1) is 0 Å². The molecule has 0 spiro atoms. The van der Waals surface area contributed by atoms with Gasteiger partial charge < -0.3 is 20.4 Å². The Kier molecular flexibility index (Phi) is 5.64. The quantitative estimate of drug-likeness (QED) is 0.683. The molecule has 6 heteroatoms. The molecule has 1 unspecified atom stereocenters. The van der Waals surface area contributed by atoms with Gasteiger partial charge in [-0.3, -0.25) is 9.59 Å². The van der Waals surface area contributed by atoms with Gasteiger partial charge in [0.25, 0.3) is 0 Å². The summed E-state index contributed by atoms with van der Waals surface area (Å²) in [6.45, 7) is 2.87. The van der Waals surface area contributed by atoms with Crippen LogP contribution < -0.4 is 10.2 Å². The van der Waals surface area contributed by atoms with Crippen LogP contribution in [0.25, 0.3) is 0 Å². The number of amides is 2. The zero-order chi connectivity index (χ0) is 19.4. The van der Waals surface area contributed by atoms with Gasteiger partial charge in [0.1, 0.15) is 0 Å². The fraction of sp³-hybridized carbons (Fsp3) is 0.333. The zero-order valence-electron chi connectivity index (χ0n) is 15.3. The van der Waals surface area contributed by atoms with E-state index in [1.165, 1.54) is 17.7 Å². The van der Waals surface area contributed by atoms with Gasteiger partial charge >= 0.3 is 0 Å². The van der Waals surface area contributed by atoms with Gasteiger partial charge in [-0.05, 0) is 48.2 Å². The molecule has 0 radical (unpaired) electrons. The van der Waals surface area contributed by atoms with E-state index in [0.29, 0.717) is 19.5 Å². The van der Waals surface area contributed by atoms with E-state index in [9.17, 15) is 19.8 Å². The zero-order valence-corrected chi connectivity index (χ0v) is 15.3. The second kappa shape index (κ2) is 8.12. The second-order valence-corrected chi connectivity index (χ2v) is 6.79. The summed E-state index contributed by atoms with van der Waals surface area (Å²) < 4.78 is 0. The van der Waals surface area contributed by atoms with Crippen LogP contribution in [0, 0.1) is 5.92 Å². The van der Waals surface area contributed by atoms with Crippen molar-refractivity contribution < 1.29 is 19.8 Å². The molecule has 0 aromatic heterocycles. The number of hydrogen-bond acceptors (Lipinski definition) is 4. The molecule has 3 rings (SSSR count). The smallest absolute Gasteiger partial charge is 0.227 e. The Labute approximate surface area is 158 Å². The van der Waals surface area contributed by atoms with E-state index in [4.69, 9.17) is 0 Å². The Balaban J connectivity index is 1.53. The molecule has 0 saturated carbocycles. The minimum absolute atomic E-state index is 0.0390. The largest absolute Gasteiger partial charge is 0.504 e. The lowest BCUT2D eigenvalue weighted by atomic mass is 10.1. The monoisotopic (exact) mass is 368 g/mol. The lowest BCUT2D eigenvalue weighted by Crippen LogP contribution is -2.34. The normalized spacial score (nSPS) is 16.6. The van der Waals surface area contributed by atoms with Gasteiger partial charge in [0.05, 0.1) is 5.92 Å². The Morgan fingerprint density at radius 3 is 2.48 bits per heavy atom. The van der Waals surface area contributed by atoms with Crippen LogP contribution in [-0.4, -0.2) is 35.1 Å². The minimum Gasteiger partial charge on any atom is -0.504 e. The maximum Gasteiger partial charge on any atom is 0.227 e. The maximum atomic E-state index is 12.4. The molecule has 1 aliphatic rings. The Morgan fingerprint density at radius 1 is 1.11 bits per heavy atom. The van der Waals surface area contributed by atoms with E-state index >= 15 is 0 Å². The van der Waals surface area contributed by atoms with Crippen molar-refractivity contribution >= 4 is 17.5 Å². The highest BCUT2D eigenvalue weighted by molar-refractivity contribution is 6.00. The number of rotatable bonds is 6. The molecule has 0 bridgehead atoms. The summed E-state index contributed by atoms with van der Waals surface area (Å²) in [5.74, 6) is -0.886. The number of phenols is 2. The molecule has 2 amide bonds. The Hall–Kier alpha value is -3.02. The number of nitrogens with one attached hydrogen (secondary N) is 1. The summed E-state index contributed by atoms with van der Waals surface area (Å²) in [6, 6.07) is 12.4. The second-order valence-electron chi connectivity index (χ2n) is 6.79. The number of aromatic hydroxyl groups is 2. The predicted molar refractivity (Wildman–Crippen MR) is 103 cm³/mol. The molecule has 1 atom stereocenters. The van der Waals surface area contributed by atoms with Crippen molar-refractivity contribution in [3.8, 4) is 11.5 Å². The van der Waals surface area contributed by atoms with Crippen LogP contribution in [0.2, 0.25) is 0 Å². The van der Waals surface area contributed by atoms with Crippen molar-refractivity contribution in [2.24, 2.45) is 5.92 Å². The number of nitrogens with zero attached hydrogens (tertiary/aromatic N) is 1. The third-order valence-electron chi connectivity index (χ3n) is 4.90. The number of anilines is 1. The first-order valence-corrected chi connectivity index (χ1v) is 9.15. The van der Waals surface area contributed by atoms with Crippen molar-refractivity contribution in [2.45, 2.75) is 26.2 Å². The molecule has 2 aromatic carbocycles. The standard InChI is InChI=1S/C21H24N2O4/c1-2-14-3-6-17(7-4-14)23-13-16(12-20(23)26)21(27)22-10-9-15-5-8-18(24)19(25)11-15/h3-8,11,16,24-25H,2,9-10,12-13H2,1H3,(H,22,27). The first-order chi connectivity index (χ1) is 13.0. The number of aryl methyl sites for hydroxylation is 1. The van der Waals surface area contributed by atoms with E-state index in [2.05, 4.69) is 12.2 Å². The third-order valence-corrected chi connectivity index (χ3v) is 4.90. The average molecular weight is 368 g/mol. The maximum absolute atomic E-state index is 12.4. The predicted octanol–water partition coefficient (Wildman–Crippen LogP) is 2.37. The fourth-order valence-electron chi connectivity index (χ4n) is 3.24. The molecule has 6 nitrogen and oxygen atoms in total. The van der Waals surface area contributed by atoms with Crippen molar-refractivity contribution in [1.29, 1.82) is 0 Å². The molecule has 2 aromatic rings. The molecule has 0 aliphatic carbocycles. The SMILES string of the molecule is CCc1ccc(N2CC(C(=O)NCCc3ccc(O)c(O)c3)CC2=O)cc1. The highest BCUT2D eigenvalue weighted by Crippen LogP contribution is 2.26. The molecular weight excluding hydrogens is 344 g/mol. The Morgan fingerprint density at radius 2 is 1.81 bits per heavy atom. The highest BCUT2D eigenvalue weighted by atomic mass is 16.3. The van der Waals surface area contributed by atoms with Gasteiger partial charge in [0.2, 0.25) is 11.8 Å². The molecule has 1 saturated heterocycles. The summed E-state index contributed by atoms with van der Waals surface area (Å²) in [5.41, 5.74) is 2.85. The Bertz CT molecular complexity index is 833. The number of benzene rings is 2. The van der Waals surface area contributed by atoms with Gasteiger partial charge in [-0.25, -0.2) is 0 Å². The number of phenolic OH excluding ortho intramolecular Hbond substituents is 2. The van der Waals surface area contributed by atoms with Crippen LogP contribution in [0.5, 0.6) is 11.5 Å². The van der Waals surface area contributed by atoms with Crippen molar-refractivity contribution in [3.63, 3.8) is 0 Å². The molecule has 1 aliphatic heterocycles. The molecule has 1 heterocycles. The van der Waals surface area contributed by atoms with Crippen molar-refractivity contribution in [3.05, 3.63) is 53.6 Å². The number of carbonyl (C=O) groups excluding carboxylic acids is 2. The third kappa shape index (κ3) is 4.39. The lowest BCUT2D eigenvalue weighted by Gasteiger charge is -2.17. The van der Waals surface area contributed by atoms with E-state index in [1.54, 1.807) is 11.0 Å². The summed E-state index contributed by atoms with van der Waals surface area (Å²) in [6.07, 6.45) is 1.68. The summed E-state index contributed by atoms with van der Waals surface area (Å²) >= 11 is 0. The topological polar surface area (TPSA) is 89.9 Å². The van der Waals surface area contributed by atoms with Crippen molar-refractivity contribution in [1.82, 2.24) is 5.32 Å². The van der Waals surface area contributed by atoms with Crippen LogP contribution in [0.3, 0.4) is 0 Å². The van der Waals surface area contributed by atoms with Gasteiger partial charge in [0, 0.05) is 25.2 Å². The molecule has 27 heavy (non-hydrogen) atoms. The van der Waals surface area contributed by atoms with Crippen LogP contribution in [-0.2, 0) is 22.4 Å². The summed E-state index contributed by atoms with van der Waals surface area (Å²) in [5, 5.41) is 21.7. The van der Waals surface area contributed by atoms with E-state index < -0.39 is 0 Å². The van der Waals surface area contributed by atoms with Crippen LogP contribution in [0.1, 0.15) is 24.5 Å². The highest BCUT2D eigenvalue weighted by Gasteiger charge is 2.34. The van der Waals surface area contributed by atoms with E-state index in [-0.39, 0.29) is 35.7 Å². The lowest BCUT2D eigenvalue weighted by molar-refractivity contribution is -0.126. The van der Waals surface area contributed by atoms with Crippen LogP contribution in [0.4, 0.5) is 5.69 Å². The van der Waals surface area contributed by atoms with E-state index in [0.717, 1.165) is 17.7 Å². The summed E-state index contributed by atoms with van der Waals surface area (Å²) in [7, 11) is 0. The minimum atomic E-state index is -0.364. The molecular formula is C21H24N2O4. The van der Waals surface area contributed by atoms with Gasteiger partial charge in [-0.2, -0.15) is 0 Å². The molecule has 3 N–H and O–H groups in total. The fourth-order valence-corrected chi connectivity index (χ4v) is 3.24. The molecule has 142 valence electrons. The average Bonchev–Trinajstić information content (AvgIpc) is 3.06. The molecule has 1 fully saturated rings.